The predicted octanol–water partition coefficient (Wildman–Crippen LogP) is 3.11. The number of piperidine rings is 1. The van der Waals surface area contributed by atoms with Crippen LogP contribution in [0.1, 0.15) is 35.2 Å². The van der Waals surface area contributed by atoms with Crippen LogP contribution in [0, 0.1) is 18.7 Å². The summed E-state index contributed by atoms with van der Waals surface area (Å²) >= 11 is 1.55. The Balaban J connectivity index is 1.53. The summed E-state index contributed by atoms with van der Waals surface area (Å²) in [6.07, 6.45) is 1.24. The molecule has 0 aliphatic carbocycles. The summed E-state index contributed by atoms with van der Waals surface area (Å²) in [6, 6.07) is 5.99. The van der Waals surface area contributed by atoms with Gasteiger partial charge >= 0.3 is 0 Å². The zero-order chi connectivity index (χ0) is 17.1. The zero-order valence-corrected chi connectivity index (χ0v) is 14.4. The van der Waals surface area contributed by atoms with Crippen LogP contribution in [0.25, 0.3) is 0 Å². The van der Waals surface area contributed by atoms with Crippen molar-refractivity contribution in [3.05, 3.63) is 51.7 Å². The first-order valence-electron chi connectivity index (χ1n) is 8.15. The molecule has 1 aromatic heterocycles. The number of hydrogen-bond acceptors (Lipinski definition) is 4. The number of amides is 1. The summed E-state index contributed by atoms with van der Waals surface area (Å²) in [5, 5.41) is 13.4. The molecule has 6 heteroatoms. The zero-order valence-electron chi connectivity index (χ0n) is 13.6. The lowest BCUT2D eigenvalue weighted by Crippen LogP contribution is -2.40. The van der Waals surface area contributed by atoms with Crippen LogP contribution in [0.4, 0.5) is 4.39 Å². The minimum absolute atomic E-state index is 0.0926. The molecule has 1 fully saturated rings. The number of carbonyl (C=O) groups is 1. The van der Waals surface area contributed by atoms with Crippen LogP contribution < -0.4 is 0 Å². The van der Waals surface area contributed by atoms with Gasteiger partial charge in [-0.25, -0.2) is 9.37 Å². The molecule has 1 N–H and O–H groups in total. The van der Waals surface area contributed by atoms with Gasteiger partial charge in [0.25, 0.3) is 0 Å². The largest absolute Gasteiger partial charge is 0.388 e. The molecule has 0 bridgehead atoms. The van der Waals surface area contributed by atoms with E-state index in [0.717, 1.165) is 29.1 Å². The van der Waals surface area contributed by atoms with Crippen molar-refractivity contribution in [3.8, 4) is 0 Å². The average Bonchev–Trinajstić information content (AvgIpc) is 3.00. The molecule has 128 valence electrons. The van der Waals surface area contributed by atoms with Gasteiger partial charge in [-0.15, -0.1) is 11.3 Å². The molecule has 0 radical (unpaired) electrons. The number of hydrogen-bond donors (Lipinski definition) is 1. The molecular formula is C18H21FN2O2S. The monoisotopic (exact) mass is 348 g/mol. The normalized spacial score (nSPS) is 17.0. The van der Waals surface area contributed by atoms with E-state index in [0.29, 0.717) is 19.5 Å². The highest BCUT2D eigenvalue weighted by Crippen LogP contribution is 2.31. The van der Waals surface area contributed by atoms with Crippen LogP contribution in [0.5, 0.6) is 0 Å². The van der Waals surface area contributed by atoms with Crippen molar-refractivity contribution < 1.29 is 14.3 Å². The highest BCUT2D eigenvalue weighted by atomic mass is 32.1. The van der Waals surface area contributed by atoms with Crippen molar-refractivity contribution in [1.82, 2.24) is 9.88 Å². The molecule has 0 saturated carbocycles. The summed E-state index contributed by atoms with van der Waals surface area (Å²) in [5.41, 5.74) is 1.56. The summed E-state index contributed by atoms with van der Waals surface area (Å²) in [4.78, 5) is 18.5. The SMILES string of the molecule is Cc1nc(CC(=O)N2CCC(C(O)c3ccc(F)cc3)CC2)cs1. The summed E-state index contributed by atoms with van der Waals surface area (Å²) in [6.45, 7) is 3.22. The molecule has 4 nitrogen and oxygen atoms in total. The predicted molar refractivity (Wildman–Crippen MR) is 91.2 cm³/mol. The number of rotatable bonds is 4. The number of likely N-dealkylation sites (tertiary alicyclic amines) is 1. The second-order valence-corrected chi connectivity index (χ2v) is 7.31. The van der Waals surface area contributed by atoms with E-state index in [1.807, 2.05) is 17.2 Å². The Labute approximate surface area is 145 Å². The van der Waals surface area contributed by atoms with Crippen molar-refractivity contribution in [2.24, 2.45) is 5.92 Å². The fraction of sp³-hybridized carbons (Fsp3) is 0.444. The molecule has 2 aromatic rings. The van der Waals surface area contributed by atoms with Crippen LogP contribution >= 0.6 is 11.3 Å². The Hall–Kier alpha value is -1.79. The number of aliphatic hydroxyl groups excluding tert-OH is 1. The Morgan fingerprint density at radius 1 is 1.38 bits per heavy atom. The van der Waals surface area contributed by atoms with Gasteiger partial charge in [-0.3, -0.25) is 4.79 Å². The average molecular weight is 348 g/mol. The number of aryl methyl sites for hydroxylation is 1. The van der Waals surface area contributed by atoms with Gasteiger partial charge < -0.3 is 10.0 Å². The number of halogens is 1. The van der Waals surface area contributed by atoms with E-state index < -0.39 is 6.10 Å². The Kier molecular flexibility index (Phi) is 5.26. The fourth-order valence-corrected chi connectivity index (χ4v) is 3.77. The maximum absolute atomic E-state index is 13.0. The van der Waals surface area contributed by atoms with Crippen molar-refractivity contribution in [1.29, 1.82) is 0 Å². The quantitative estimate of drug-likeness (QED) is 0.924. The number of benzene rings is 1. The number of aromatic nitrogens is 1. The van der Waals surface area contributed by atoms with Gasteiger partial charge in [-0.2, -0.15) is 0 Å². The molecule has 1 unspecified atom stereocenters. The van der Waals surface area contributed by atoms with E-state index in [9.17, 15) is 14.3 Å². The molecule has 1 aromatic carbocycles. The van der Waals surface area contributed by atoms with Gasteiger partial charge in [0.1, 0.15) is 5.82 Å². The van der Waals surface area contributed by atoms with Crippen LogP contribution in [-0.4, -0.2) is 34.0 Å². The van der Waals surface area contributed by atoms with Crippen LogP contribution in [0.15, 0.2) is 29.6 Å². The van der Waals surface area contributed by atoms with Gasteiger partial charge in [-0.1, -0.05) is 12.1 Å². The van der Waals surface area contributed by atoms with Gasteiger partial charge in [0, 0.05) is 18.5 Å². The number of carbonyl (C=O) groups excluding carboxylic acids is 1. The van der Waals surface area contributed by atoms with Crippen molar-refractivity contribution >= 4 is 17.2 Å². The van der Waals surface area contributed by atoms with E-state index in [1.54, 1.807) is 23.5 Å². The standard InChI is InChI=1S/C18H21FN2O2S/c1-12-20-16(11-24-12)10-17(22)21-8-6-14(7-9-21)18(23)13-2-4-15(19)5-3-13/h2-5,11,14,18,23H,6-10H2,1H3. The van der Waals surface area contributed by atoms with Crippen molar-refractivity contribution in [2.75, 3.05) is 13.1 Å². The molecule has 1 aliphatic heterocycles. The molecular weight excluding hydrogens is 327 g/mol. The molecule has 1 amide bonds. The third-order valence-corrected chi connectivity index (χ3v) is 5.37. The Morgan fingerprint density at radius 2 is 2.04 bits per heavy atom. The molecule has 0 spiro atoms. The first-order chi connectivity index (χ1) is 11.5. The number of aliphatic hydroxyl groups is 1. The molecule has 1 aliphatic rings. The highest BCUT2D eigenvalue weighted by Gasteiger charge is 2.28. The first kappa shape index (κ1) is 17.0. The third-order valence-electron chi connectivity index (χ3n) is 4.55. The summed E-state index contributed by atoms with van der Waals surface area (Å²) in [7, 11) is 0. The number of thiazole rings is 1. The van der Waals surface area contributed by atoms with Gasteiger partial charge in [-0.05, 0) is 43.4 Å². The molecule has 3 rings (SSSR count). The summed E-state index contributed by atoms with van der Waals surface area (Å²) in [5.74, 6) is -0.111. The topological polar surface area (TPSA) is 53.4 Å². The van der Waals surface area contributed by atoms with E-state index in [1.165, 1.54) is 12.1 Å². The van der Waals surface area contributed by atoms with Crippen LogP contribution in [0.2, 0.25) is 0 Å². The minimum Gasteiger partial charge on any atom is -0.388 e. The Morgan fingerprint density at radius 3 is 2.62 bits per heavy atom. The lowest BCUT2D eigenvalue weighted by molar-refractivity contribution is -0.132. The molecule has 2 heterocycles. The second kappa shape index (κ2) is 7.40. The lowest BCUT2D eigenvalue weighted by Gasteiger charge is -2.34. The van der Waals surface area contributed by atoms with Gasteiger partial charge in [0.05, 0.1) is 23.2 Å². The maximum Gasteiger partial charge on any atom is 0.228 e. The molecule has 24 heavy (non-hydrogen) atoms. The minimum atomic E-state index is -0.607. The number of nitrogens with zero attached hydrogens (tertiary/aromatic N) is 2. The second-order valence-electron chi connectivity index (χ2n) is 6.25. The van der Waals surface area contributed by atoms with Crippen LogP contribution in [0.3, 0.4) is 0 Å². The van der Waals surface area contributed by atoms with Gasteiger partial charge in [0.2, 0.25) is 5.91 Å². The van der Waals surface area contributed by atoms with E-state index in [2.05, 4.69) is 4.98 Å². The first-order valence-corrected chi connectivity index (χ1v) is 9.03. The van der Waals surface area contributed by atoms with E-state index >= 15 is 0 Å². The molecule has 1 saturated heterocycles. The van der Waals surface area contributed by atoms with E-state index in [4.69, 9.17) is 0 Å². The third kappa shape index (κ3) is 3.99. The highest BCUT2D eigenvalue weighted by molar-refractivity contribution is 7.09. The van der Waals surface area contributed by atoms with E-state index in [-0.39, 0.29) is 17.6 Å². The smallest absolute Gasteiger partial charge is 0.228 e. The summed E-state index contributed by atoms with van der Waals surface area (Å²) < 4.78 is 13.0. The van der Waals surface area contributed by atoms with Gasteiger partial charge in [0.15, 0.2) is 0 Å². The Bertz CT molecular complexity index is 693. The van der Waals surface area contributed by atoms with Crippen molar-refractivity contribution in [3.63, 3.8) is 0 Å². The lowest BCUT2D eigenvalue weighted by atomic mass is 9.87. The van der Waals surface area contributed by atoms with Crippen LogP contribution in [-0.2, 0) is 11.2 Å². The van der Waals surface area contributed by atoms with Crippen molar-refractivity contribution in [2.45, 2.75) is 32.3 Å². The fourth-order valence-electron chi connectivity index (χ4n) is 3.15. The maximum atomic E-state index is 13.0. The molecule has 1 atom stereocenters.